The Balaban J connectivity index is 1.76. The Kier molecular flexibility index (Phi) is 4.71. The van der Waals surface area contributed by atoms with Crippen molar-refractivity contribution in [3.05, 3.63) is 47.4 Å². The summed E-state index contributed by atoms with van der Waals surface area (Å²) in [5.74, 6) is 1.08. The third kappa shape index (κ3) is 3.42. The second kappa shape index (κ2) is 6.91. The lowest BCUT2D eigenvalue weighted by Crippen LogP contribution is -2.23. The highest BCUT2D eigenvalue weighted by Crippen LogP contribution is 2.26. The molecule has 1 aromatic heterocycles. The van der Waals surface area contributed by atoms with E-state index in [9.17, 15) is 14.3 Å². The SMILES string of the molecule is O=CC1=C(OCc2cccnc2N2CC[C@H](F)C2)C=CCC1O. The normalized spacial score (nSPS) is 24.2. The first-order valence-electron chi connectivity index (χ1n) is 7.68. The molecule has 3 rings (SSSR count). The zero-order valence-electron chi connectivity index (χ0n) is 12.7. The summed E-state index contributed by atoms with van der Waals surface area (Å²) in [5, 5.41) is 9.81. The maximum Gasteiger partial charge on any atom is 0.152 e. The number of ether oxygens (including phenoxy) is 1. The summed E-state index contributed by atoms with van der Waals surface area (Å²) in [4.78, 5) is 17.4. The molecule has 1 fully saturated rings. The zero-order valence-corrected chi connectivity index (χ0v) is 12.7. The van der Waals surface area contributed by atoms with Crippen molar-refractivity contribution in [1.82, 2.24) is 4.98 Å². The molecule has 0 saturated carbocycles. The highest BCUT2D eigenvalue weighted by atomic mass is 19.1. The lowest BCUT2D eigenvalue weighted by Gasteiger charge is -2.21. The fourth-order valence-electron chi connectivity index (χ4n) is 2.85. The molecule has 0 spiro atoms. The van der Waals surface area contributed by atoms with E-state index < -0.39 is 12.3 Å². The Morgan fingerprint density at radius 2 is 2.39 bits per heavy atom. The van der Waals surface area contributed by atoms with Crippen LogP contribution in [0.3, 0.4) is 0 Å². The van der Waals surface area contributed by atoms with E-state index in [1.54, 1.807) is 24.4 Å². The number of carbonyl (C=O) groups excluding carboxylic acids is 1. The fraction of sp³-hybridized carbons (Fsp3) is 0.412. The lowest BCUT2D eigenvalue weighted by atomic mass is 10.0. The maximum atomic E-state index is 13.4. The minimum Gasteiger partial charge on any atom is -0.488 e. The number of carbonyl (C=O) groups is 1. The number of aliphatic hydroxyl groups is 1. The topological polar surface area (TPSA) is 62.7 Å². The first-order chi connectivity index (χ1) is 11.2. The quantitative estimate of drug-likeness (QED) is 0.841. The Hall–Kier alpha value is -2.21. The predicted molar refractivity (Wildman–Crippen MR) is 83.6 cm³/mol. The molecular formula is C17H19FN2O3. The third-order valence-corrected chi connectivity index (χ3v) is 4.08. The van der Waals surface area contributed by atoms with E-state index in [2.05, 4.69) is 4.98 Å². The van der Waals surface area contributed by atoms with Crippen LogP contribution in [0, 0.1) is 0 Å². The van der Waals surface area contributed by atoms with Gasteiger partial charge in [-0.25, -0.2) is 9.37 Å². The molecule has 1 N–H and O–H groups in total. The van der Waals surface area contributed by atoms with Gasteiger partial charge in [0, 0.05) is 18.3 Å². The molecule has 0 radical (unpaired) electrons. The van der Waals surface area contributed by atoms with Crippen LogP contribution in [-0.4, -0.2) is 41.7 Å². The van der Waals surface area contributed by atoms with Gasteiger partial charge in [-0.3, -0.25) is 4.79 Å². The van der Waals surface area contributed by atoms with Crippen LogP contribution in [0.1, 0.15) is 18.4 Å². The molecule has 1 unspecified atom stereocenters. The van der Waals surface area contributed by atoms with Crippen LogP contribution in [0.15, 0.2) is 41.8 Å². The summed E-state index contributed by atoms with van der Waals surface area (Å²) in [6.45, 7) is 1.18. The molecule has 2 atom stereocenters. The van der Waals surface area contributed by atoms with Gasteiger partial charge in [0.1, 0.15) is 24.4 Å². The van der Waals surface area contributed by atoms with E-state index in [1.807, 2.05) is 11.0 Å². The molecule has 0 amide bonds. The van der Waals surface area contributed by atoms with Gasteiger partial charge in [0.05, 0.1) is 18.2 Å². The fourth-order valence-corrected chi connectivity index (χ4v) is 2.85. The van der Waals surface area contributed by atoms with Crippen LogP contribution in [0.2, 0.25) is 0 Å². The lowest BCUT2D eigenvalue weighted by molar-refractivity contribution is -0.106. The number of nitrogens with zero attached hydrogens (tertiary/aromatic N) is 2. The number of pyridine rings is 1. The highest BCUT2D eigenvalue weighted by molar-refractivity contribution is 5.77. The summed E-state index contributed by atoms with van der Waals surface area (Å²) in [5.41, 5.74) is 1.08. The van der Waals surface area contributed by atoms with E-state index >= 15 is 0 Å². The first-order valence-corrected chi connectivity index (χ1v) is 7.68. The van der Waals surface area contributed by atoms with Crippen molar-refractivity contribution in [1.29, 1.82) is 0 Å². The minimum absolute atomic E-state index is 0.209. The number of alkyl halides is 1. The average Bonchev–Trinajstić information content (AvgIpc) is 2.99. The molecule has 5 nitrogen and oxygen atoms in total. The van der Waals surface area contributed by atoms with Gasteiger partial charge >= 0.3 is 0 Å². The number of hydrogen-bond donors (Lipinski definition) is 1. The highest BCUT2D eigenvalue weighted by Gasteiger charge is 2.25. The van der Waals surface area contributed by atoms with E-state index in [0.29, 0.717) is 43.8 Å². The van der Waals surface area contributed by atoms with Crippen LogP contribution in [0.25, 0.3) is 0 Å². The van der Waals surface area contributed by atoms with Crippen LogP contribution in [0.4, 0.5) is 10.2 Å². The number of aromatic nitrogens is 1. The molecule has 1 aliphatic heterocycles. The van der Waals surface area contributed by atoms with Gasteiger partial charge in [-0.1, -0.05) is 12.1 Å². The zero-order chi connectivity index (χ0) is 16.2. The van der Waals surface area contributed by atoms with Crippen LogP contribution < -0.4 is 4.90 Å². The average molecular weight is 318 g/mol. The third-order valence-electron chi connectivity index (χ3n) is 4.08. The molecule has 122 valence electrons. The first kappa shape index (κ1) is 15.7. The molecule has 1 saturated heterocycles. The Morgan fingerprint density at radius 3 is 3.13 bits per heavy atom. The summed E-state index contributed by atoms with van der Waals surface area (Å²) in [6, 6.07) is 3.67. The van der Waals surface area contributed by atoms with Gasteiger partial charge in [-0.2, -0.15) is 0 Å². The smallest absolute Gasteiger partial charge is 0.152 e. The summed E-state index contributed by atoms with van der Waals surface area (Å²) < 4.78 is 19.1. The van der Waals surface area contributed by atoms with E-state index in [0.717, 1.165) is 5.56 Å². The van der Waals surface area contributed by atoms with Crippen molar-refractivity contribution in [2.24, 2.45) is 0 Å². The molecule has 6 heteroatoms. The molecular weight excluding hydrogens is 299 g/mol. The van der Waals surface area contributed by atoms with Gasteiger partial charge in [-0.15, -0.1) is 0 Å². The predicted octanol–water partition coefficient (Wildman–Crippen LogP) is 1.92. The van der Waals surface area contributed by atoms with Gasteiger partial charge in [-0.05, 0) is 25.0 Å². The Morgan fingerprint density at radius 1 is 1.52 bits per heavy atom. The molecule has 1 aromatic rings. The molecule has 0 bridgehead atoms. The molecule has 2 heterocycles. The van der Waals surface area contributed by atoms with E-state index in [4.69, 9.17) is 4.74 Å². The largest absolute Gasteiger partial charge is 0.488 e. The number of rotatable bonds is 5. The van der Waals surface area contributed by atoms with E-state index in [-0.39, 0.29) is 12.2 Å². The van der Waals surface area contributed by atoms with Crippen LogP contribution in [0.5, 0.6) is 0 Å². The number of anilines is 1. The monoisotopic (exact) mass is 318 g/mol. The second-order valence-electron chi connectivity index (χ2n) is 5.70. The number of aliphatic hydroxyl groups excluding tert-OH is 1. The Bertz CT molecular complexity index is 644. The van der Waals surface area contributed by atoms with Gasteiger partial charge in [0.15, 0.2) is 6.29 Å². The molecule has 23 heavy (non-hydrogen) atoms. The molecule has 2 aliphatic rings. The second-order valence-corrected chi connectivity index (χ2v) is 5.70. The van der Waals surface area contributed by atoms with Crippen LogP contribution in [-0.2, 0) is 16.1 Å². The van der Waals surface area contributed by atoms with Crippen molar-refractivity contribution in [2.45, 2.75) is 31.7 Å². The molecule has 0 aromatic carbocycles. The van der Waals surface area contributed by atoms with Crippen molar-refractivity contribution < 1.29 is 19.0 Å². The van der Waals surface area contributed by atoms with Crippen molar-refractivity contribution in [3.8, 4) is 0 Å². The summed E-state index contributed by atoms with van der Waals surface area (Å²) in [6.07, 6.45) is 5.02. The molecule has 1 aliphatic carbocycles. The number of allylic oxidation sites excluding steroid dienone is 1. The van der Waals surface area contributed by atoms with Gasteiger partial charge in [0.2, 0.25) is 0 Å². The van der Waals surface area contributed by atoms with Crippen molar-refractivity contribution in [3.63, 3.8) is 0 Å². The van der Waals surface area contributed by atoms with Crippen molar-refractivity contribution >= 4 is 12.1 Å². The van der Waals surface area contributed by atoms with Crippen molar-refractivity contribution in [2.75, 3.05) is 18.0 Å². The van der Waals surface area contributed by atoms with Gasteiger partial charge < -0.3 is 14.7 Å². The number of halogens is 1. The maximum absolute atomic E-state index is 13.4. The van der Waals surface area contributed by atoms with E-state index in [1.165, 1.54) is 0 Å². The summed E-state index contributed by atoms with van der Waals surface area (Å²) >= 11 is 0. The summed E-state index contributed by atoms with van der Waals surface area (Å²) in [7, 11) is 0. The van der Waals surface area contributed by atoms with Crippen LogP contribution >= 0.6 is 0 Å². The number of aldehydes is 1. The Labute approximate surface area is 134 Å². The van der Waals surface area contributed by atoms with Gasteiger partial charge in [0.25, 0.3) is 0 Å². The minimum atomic E-state index is -0.827. The standard InChI is InChI=1S/C17H19FN2O3/c18-13-6-8-20(9-13)17-12(3-2-7-19-17)11-23-16-5-1-4-15(22)14(16)10-21/h1-3,5,7,10,13,15,22H,4,6,8-9,11H2/t13-,15?/m0/s1. The number of hydrogen-bond acceptors (Lipinski definition) is 5.